The van der Waals surface area contributed by atoms with Crippen molar-refractivity contribution in [2.24, 2.45) is 7.05 Å². The van der Waals surface area contributed by atoms with E-state index in [2.05, 4.69) is 30.7 Å². The smallest absolute Gasteiger partial charge is 0.321 e. The second-order valence-electron chi connectivity index (χ2n) is 6.96. The molecule has 0 fully saturated rings. The van der Waals surface area contributed by atoms with Crippen molar-refractivity contribution in [3.05, 3.63) is 71.8 Å². The van der Waals surface area contributed by atoms with Crippen molar-refractivity contribution in [1.82, 2.24) is 30.2 Å². The summed E-state index contributed by atoms with van der Waals surface area (Å²) in [5.41, 5.74) is 2.72. The van der Waals surface area contributed by atoms with Crippen molar-refractivity contribution >= 4 is 11.6 Å². The zero-order chi connectivity index (χ0) is 22.9. The number of hydrogen-bond donors (Lipinski definition) is 1. The summed E-state index contributed by atoms with van der Waals surface area (Å²) in [4.78, 5) is 18.2. The summed E-state index contributed by atoms with van der Waals surface area (Å²) >= 11 is 0. The molecular formula is C21H16F3N7O. The van der Waals surface area contributed by atoms with Gasteiger partial charge in [0.2, 0.25) is 0 Å². The van der Waals surface area contributed by atoms with Crippen LogP contribution in [0.5, 0.6) is 0 Å². The Kier molecular flexibility index (Phi) is 5.39. The summed E-state index contributed by atoms with van der Waals surface area (Å²) in [6.45, 7) is 1.90. The van der Waals surface area contributed by atoms with Crippen LogP contribution in [0.2, 0.25) is 0 Å². The van der Waals surface area contributed by atoms with Crippen LogP contribution in [0.1, 0.15) is 21.6 Å². The monoisotopic (exact) mass is 439 g/mol. The Morgan fingerprint density at radius 2 is 1.88 bits per heavy atom. The minimum absolute atomic E-state index is 0.396. The molecule has 4 rings (SSSR count). The molecule has 32 heavy (non-hydrogen) atoms. The first kappa shape index (κ1) is 21.1. The second kappa shape index (κ2) is 8.17. The molecule has 0 bridgehead atoms. The average molecular weight is 439 g/mol. The Morgan fingerprint density at radius 1 is 1.06 bits per heavy atom. The normalized spacial score (nSPS) is 11.4. The van der Waals surface area contributed by atoms with E-state index in [-0.39, 0.29) is 0 Å². The summed E-state index contributed by atoms with van der Waals surface area (Å²) in [7, 11) is 1.71. The molecule has 0 spiro atoms. The van der Waals surface area contributed by atoms with Gasteiger partial charge in [0.15, 0.2) is 5.69 Å². The van der Waals surface area contributed by atoms with Crippen LogP contribution in [0.3, 0.4) is 0 Å². The number of aromatic nitrogens is 6. The molecule has 0 aliphatic carbocycles. The van der Waals surface area contributed by atoms with Crippen molar-refractivity contribution in [3.8, 4) is 22.5 Å². The van der Waals surface area contributed by atoms with E-state index in [9.17, 15) is 18.0 Å². The van der Waals surface area contributed by atoms with Crippen LogP contribution in [-0.2, 0) is 13.2 Å². The Bertz CT molecular complexity index is 1300. The fourth-order valence-corrected chi connectivity index (χ4v) is 3.04. The lowest BCUT2D eigenvalue weighted by molar-refractivity contribution is -0.137. The molecule has 0 unspecified atom stereocenters. The van der Waals surface area contributed by atoms with Gasteiger partial charge in [0.1, 0.15) is 5.69 Å². The van der Waals surface area contributed by atoms with Crippen LogP contribution in [0.15, 0.2) is 55.0 Å². The van der Waals surface area contributed by atoms with Crippen LogP contribution in [0, 0.1) is 6.92 Å². The molecule has 4 aromatic rings. The topological polar surface area (TPSA) is 98.5 Å². The van der Waals surface area contributed by atoms with E-state index in [0.717, 1.165) is 16.7 Å². The molecule has 0 saturated carbocycles. The zero-order valence-corrected chi connectivity index (χ0v) is 16.9. The van der Waals surface area contributed by atoms with Crippen LogP contribution in [0.4, 0.5) is 18.9 Å². The Hall–Kier alpha value is -4.15. The molecule has 1 amide bonds. The lowest BCUT2D eigenvalue weighted by atomic mass is 9.99. The van der Waals surface area contributed by atoms with Gasteiger partial charge in [-0.1, -0.05) is 6.07 Å². The van der Waals surface area contributed by atoms with E-state index in [1.54, 1.807) is 37.6 Å². The van der Waals surface area contributed by atoms with Crippen molar-refractivity contribution in [3.63, 3.8) is 0 Å². The van der Waals surface area contributed by atoms with Gasteiger partial charge in [-0.25, -0.2) is 0 Å². The molecule has 0 atom stereocenters. The number of nitrogens with zero attached hydrogens (tertiary/aromatic N) is 6. The molecular weight excluding hydrogens is 423 g/mol. The molecule has 0 saturated heterocycles. The van der Waals surface area contributed by atoms with Crippen LogP contribution in [-0.4, -0.2) is 36.1 Å². The standard InChI is InChI=1S/C21H16F3N7O/c1-12-3-4-15(28-20(32)18-8-14(10-26-29-18)21(22,23)24)9-16(12)13-5-6-25-17(7-13)19-11-27-31(2)30-19/h3-11H,1-2H3,(H,28,32). The highest BCUT2D eigenvalue weighted by atomic mass is 19.4. The first-order valence-corrected chi connectivity index (χ1v) is 9.36. The van der Waals surface area contributed by atoms with Crippen molar-refractivity contribution < 1.29 is 18.0 Å². The molecule has 3 heterocycles. The fraction of sp³-hybridized carbons (Fsp3) is 0.143. The van der Waals surface area contributed by atoms with Gasteiger partial charge >= 0.3 is 6.18 Å². The minimum atomic E-state index is -4.62. The van der Waals surface area contributed by atoms with Gasteiger partial charge in [0.05, 0.1) is 23.7 Å². The number of benzene rings is 1. The first-order chi connectivity index (χ1) is 15.2. The zero-order valence-electron chi connectivity index (χ0n) is 16.9. The number of carbonyl (C=O) groups is 1. The lowest BCUT2D eigenvalue weighted by Crippen LogP contribution is -2.16. The maximum absolute atomic E-state index is 12.9. The molecule has 1 N–H and O–H groups in total. The lowest BCUT2D eigenvalue weighted by Gasteiger charge is -2.11. The van der Waals surface area contributed by atoms with E-state index < -0.39 is 23.3 Å². The third-order valence-corrected chi connectivity index (χ3v) is 4.64. The van der Waals surface area contributed by atoms with Gasteiger partial charge in [0, 0.05) is 18.9 Å². The van der Waals surface area contributed by atoms with Crippen molar-refractivity contribution in [1.29, 1.82) is 0 Å². The van der Waals surface area contributed by atoms with Gasteiger partial charge in [-0.2, -0.15) is 33.3 Å². The summed E-state index contributed by atoms with van der Waals surface area (Å²) in [6, 6.07) is 9.49. The number of hydrogen-bond acceptors (Lipinski definition) is 6. The number of nitrogens with one attached hydrogen (secondary N) is 1. The average Bonchev–Trinajstić information content (AvgIpc) is 3.21. The maximum atomic E-state index is 12.9. The molecule has 162 valence electrons. The number of halogens is 3. The van der Waals surface area contributed by atoms with Gasteiger partial charge < -0.3 is 5.32 Å². The summed E-state index contributed by atoms with van der Waals surface area (Å²) < 4.78 is 38.7. The number of aryl methyl sites for hydroxylation is 2. The van der Waals surface area contributed by atoms with Gasteiger partial charge in [-0.15, -0.1) is 5.10 Å². The van der Waals surface area contributed by atoms with Gasteiger partial charge in [-0.05, 0) is 53.9 Å². The summed E-state index contributed by atoms with van der Waals surface area (Å²) in [5.74, 6) is -0.798. The largest absolute Gasteiger partial charge is 0.418 e. The van der Waals surface area contributed by atoms with Crippen molar-refractivity contribution in [2.75, 3.05) is 5.32 Å². The molecule has 11 heteroatoms. The Balaban J connectivity index is 1.62. The third-order valence-electron chi connectivity index (χ3n) is 4.64. The highest BCUT2D eigenvalue weighted by Gasteiger charge is 2.32. The fourth-order valence-electron chi connectivity index (χ4n) is 3.04. The van der Waals surface area contributed by atoms with Crippen LogP contribution < -0.4 is 5.32 Å². The number of rotatable bonds is 4. The van der Waals surface area contributed by atoms with E-state index in [4.69, 9.17) is 0 Å². The predicted octanol–water partition coefficient (Wildman–Crippen LogP) is 3.91. The Morgan fingerprint density at radius 3 is 2.59 bits per heavy atom. The minimum Gasteiger partial charge on any atom is -0.321 e. The number of anilines is 1. The second-order valence-corrected chi connectivity index (χ2v) is 6.96. The summed E-state index contributed by atoms with van der Waals surface area (Å²) in [5, 5.41) is 17.7. The summed E-state index contributed by atoms with van der Waals surface area (Å²) in [6.07, 6.45) is -0.808. The molecule has 0 radical (unpaired) electrons. The maximum Gasteiger partial charge on any atom is 0.418 e. The quantitative estimate of drug-likeness (QED) is 0.518. The number of pyridine rings is 1. The van der Waals surface area contributed by atoms with E-state index in [1.807, 2.05) is 19.1 Å². The highest BCUT2D eigenvalue weighted by molar-refractivity contribution is 6.03. The van der Waals surface area contributed by atoms with E-state index in [0.29, 0.717) is 29.3 Å². The van der Waals surface area contributed by atoms with Gasteiger partial charge in [-0.3, -0.25) is 9.78 Å². The highest BCUT2D eigenvalue weighted by Crippen LogP contribution is 2.30. The Labute approximate surface area is 180 Å². The molecule has 1 aromatic carbocycles. The molecule has 0 aliphatic heterocycles. The number of amides is 1. The molecule has 0 aliphatic rings. The number of alkyl halides is 3. The van der Waals surface area contributed by atoms with Crippen molar-refractivity contribution in [2.45, 2.75) is 13.1 Å². The van der Waals surface area contributed by atoms with Crippen LogP contribution >= 0.6 is 0 Å². The first-order valence-electron chi connectivity index (χ1n) is 9.36. The molecule has 3 aromatic heterocycles. The van der Waals surface area contributed by atoms with E-state index >= 15 is 0 Å². The number of carbonyl (C=O) groups excluding carboxylic acids is 1. The third kappa shape index (κ3) is 4.46. The SMILES string of the molecule is Cc1ccc(NC(=O)c2cc(C(F)(F)F)cnn2)cc1-c1ccnc(-c2cnn(C)n2)c1. The van der Waals surface area contributed by atoms with E-state index in [1.165, 1.54) is 4.80 Å². The van der Waals surface area contributed by atoms with Gasteiger partial charge in [0.25, 0.3) is 5.91 Å². The molecule has 8 nitrogen and oxygen atoms in total. The predicted molar refractivity (Wildman–Crippen MR) is 109 cm³/mol. The van der Waals surface area contributed by atoms with Crippen LogP contribution in [0.25, 0.3) is 22.5 Å².